The highest BCUT2D eigenvalue weighted by molar-refractivity contribution is 14.0. The van der Waals surface area contributed by atoms with E-state index in [0.717, 1.165) is 37.0 Å². The Labute approximate surface area is 137 Å². The van der Waals surface area contributed by atoms with E-state index in [4.69, 9.17) is 9.47 Å². The molecule has 0 amide bonds. The maximum atomic E-state index is 5.36. The highest BCUT2D eigenvalue weighted by atomic mass is 127. The topological polar surface area (TPSA) is 46.1 Å². The average Bonchev–Trinajstić information content (AvgIpc) is 2.46. The maximum Gasteiger partial charge on any atom is 0.193 e. The van der Waals surface area contributed by atoms with Crippen molar-refractivity contribution in [3.05, 3.63) is 23.3 Å². The molecule has 0 saturated carbocycles. The van der Waals surface area contributed by atoms with Crippen molar-refractivity contribution in [2.45, 2.75) is 13.0 Å². The number of hydrogen-bond acceptors (Lipinski definition) is 3. The van der Waals surface area contributed by atoms with E-state index in [1.807, 2.05) is 7.05 Å². The molecule has 1 aromatic carbocycles. The minimum atomic E-state index is 0. The van der Waals surface area contributed by atoms with E-state index in [9.17, 15) is 0 Å². The number of methoxy groups -OCH3 is 2. The summed E-state index contributed by atoms with van der Waals surface area (Å²) < 4.78 is 10.7. The van der Waals surface area contributed by atoms with Crippen LogP contribution in [0.25, 0.3) is 0 Å². The summed E-state index contributed by atoms with van der Waals surface area (Å²) in [6.45, 7) is 1.79. The van der Waals surface area contributed by atoms with Gasteiger partial charge in [0.1, 0.15) is 0 Å². The minimum Gasteiger partial charge on any atom is -0.493 e. The summed E-state index contributed by atoms with van der Waals surface area (Å²) >= 11 is 0. The molecule has 2 rings (SSSR count). The molecule has 20 heavy (non-hydrogen) atoms. The van der Waals surface area contributed by atoms with Gasteiger partial charge >= 0.3 is 0 Å². The summed E-state index contributed by atoms with van der Waals surface area (Å²) in [5.41, 5.74) is 2.58. The van der Waals surface area contributed by atoms with Crippen molar-refractivity contribution in [2.24, 2.45) is 4.99 Å². The molecule has 112 valence electrons. The van der Waals surface area contributed by atoms with E-state index in [2.05, 4.69) is 27.3 Å². The second kappa shape index (κ2) is 7.56. The van der Waals surface area contributed by atoms with Gasteiger partial charge in [-0.3, -0.25) is 4.99 Å². The first-order valence-electron chi connectivity index (χ1n) is 6.36. The first kappa shape index (κ1) is 16.9. The molecule has 1 aliphatic heterocycles. The molecule has 0 unspecified atom stereocenters. The van der Waals surface area contributed by atoms with Gasteiger partial charge in [-0.05, 0) is 29.7 Å². The Bertz CT molecular complexity index is 492. The van der Waals surface area contributed by atoms with E-state index < -0.39 is 0 Å². The maximum absolute atomic E-state index is 5.36. The molecule has 0 spiro atoms. The van der Waals surface area contributed by atoms with Gasteiger partial charge in [0.05, 0.1) is 14.2 Å². The SMILES string of the molecule is CN=C(NC)N1CCc2cc(OC)c(OC)cc2C1.I. The Balaban J connectivity index is 0.00000200. The first-order chi connectivity index (χ1) is 9.23. The van der Waals surface area contributed by atoms with Gasteiger partial charge in [0.25, 0.3) is 0 Å². The van der Waals surface area contributed by atoms with Gasteiger partial charge in [-0.25, -0.2) is 0 Å². The van der Waals surface area contributed by atoms with E-state index >= 15 is 0 Å². The molecule has 5 nitrogen and oxygen atoms in total. The summed E-state index contributed by atoms with van der Waals surface area (Å²) in [6.07, 6.45) is 0.983. The lowest BCUT2D eigenvalue weighted by Crippen LogP contribution is -2.42. The van der Waals surface area contributed by atoms with Crippen LogP contribution in [-0.2, 0) is 13.0 Å². The number of nitrogens with zero attached hydrogens (tertiary/aromatic N) is 2. The standard InChI is InChI=1S/C14H21N3O2.HI/c1-15-14(16-2)17-6-5-10-7-12(18-3)13(19-4)8-11(10)9-17;/h7-8H,5-6,9H2,1-4H3,(H,15,16);1H. The van der Waals surface area contributed by atoms with Gasteiger partial charge in [0.2, 0.25) is 0 Å². The molecule has 1 aliphatic rings. The van der Waals surface area contributed by atoms with Crippen LogP contribution < -0.4 is 14.8 Å². The summed E-state index contributed by atoms with van der Waals surface area (Å²) in [5, 5.41) is 3.12. The predicted molar refractivity (Wildman–Crippen MR) is 91.5 cm³/mol. The molecule has 0 atom stereocenters. The highest BCUT2D eigenvalue weighted by Crippen LogP contribution is 2.33. The number of fused-ring (bicyclic) bond motifs is 1. The fourth-order valence-electron chi connectivity index (χ4n) is 2.48. The molecular formula is C14H22IN3O2. The van der Waals surface area contributed by atoms with E-state index in [-0.39, 0.29) is 24.0 Å². The molecular weight excluding hydrogens is 369 g/mol. The molecule has 1 heterocycles. The lowest BCUT2D eigenvalue weighted by Gasteiger charge is -2.31. The van der Waals surface area contributed by atoms with Gasteiger partial charge in [-0.2, -0.15) is 0 Å². The molecule has 6 heteroatoms. The molecule has 0 aromatic heterocycles. The third-order valence-electron chi connectivity index (χ3n) is 3.45. The number of nitrogens with one attached hydrogen (secondary N) is 1. The smallest absolute Gasteiger partial charge is 0.193 e. The van der Waals surface area contributed by atoms with Crippen molar-refractivity contribution in [1.82, 2.24) is 10.2 Å². The largest absolute Gasteiger partial charge is 0.493 e. The molecule has 0 radical (unpaired) electrons. The summed E-state index contributed by atoms with van der Waals surface area (Å²) in [6, 6.07) is 4.14. The van der Waals surface area contributed by atoms with Crippen LogP contribution in [0.5, 0.6) is 11.5 Å². The number of rotatable bonds is 2. The van der Waals surface area contributed by atoms with Crippen LogP contribution in [0.3, 0.4) is 0 Å². The number of guanidine groups is 1. The number of benzene rings is 1. The van der Waals surface area contributed by atoms with E-state index in [1.54, 1.807) is 21.3 Å². The minimum absolute atomic E-state index is 0. The molecule has 0 bridgehead atoms. The summed E-state index contributed by atoms with van der Waals surface area (Å²) in [4.78, 5) is 6.49. The number of hydrogen-bond donors (Lipinski definition) is 1. The lowest BCUT2D eigenvalue weighted by atomic mass is 9.99. The summed E-state index contributed by atoms with van der Waals surface area (Å²) in [7, 11) is 7.03. The fourth-order valence-corrected chi connectivity index (χ4v) is 2.48. The monoisotopic (exact) mass is 391 g/mol. The predicted octanol–water partition coefficient (Wildman–Crippen LogP) is 1.89. The van der Waals surface area contributed by atoms with Crippen LogP contribution in [0, 0.1) is 0 Å². The van der Waals surface area contributed by atoms with E-state index in [1.165, 1.54) is 11.1 Å². The zero-order valence-electron chi connectivity index (χ0n) is 12.4. The van der Waals surface area contributed by atoms with Crippen molar-refractivity contribution >= 4 is 29.9 Å². The van der Waals surface area contributed by atoms with Gasteiger partial charge in [0.15, 0.2) is 17.5 Å². The van der Waals surface area contributed by atoms with Crippen molar-refractivity contribution < 1.29 is 9.47 Å². The lowest BCUT2D eigenvalue weighted by molar-refractivity contribution is 0.346. The molecule has 0 saturated heterocycles. The molecule has 1 aromatic rings. The van der Waals surface area contributed by atoms with Gasteiger partial charge in [-0.15, -0.1) is 24.0 Å². The normalized spacial score (nSPS) is 14.2. The second-order valence-corrected chi connectivity index (χ2v) is 4.44. The van der Waals surface area contributed by atoms with Crippen LogP contribution in [0.4, 0.5) is 0 Å². The fraction of sp³-hybridized carbons (Fsp3) is 0.500. The van der Waals surface area contributed by atoms with Crippen LogP contribution in [-0.4, -0.2) is 45.7 Å². The Kier molecular flexibility index (Phi) is 6.38. The van der Waals surface area contributed by atoms with Crippen LogP contribution in [0.1, 0.15) is 11.1 Å². The molecule has 0 fully saturated rings. The third kappa shape index (κ3) is 3.28. The van der Waals surface area contributed by atoms with Crippen molar-refractivity contribution in [2.75, 3.05) is 34.9 Å². The Morgan fingerprint density at radius 3 is 2.30 bits per heavy atom. The van der Waals surface area contributed by atoms with E-state index in [0.29, 0.717) is 0 Å². The number of ether oxygens (including phenoxy) is 2. The zero-order chi connectivity index (χ0) is 13.8. The molecule has 1 N–H and O–H groups in total. The number of aliphatic imine (C=N–C) groups is 1. The van der Waals surface area contributed by atoms with Crippen LogP contribution >= 0.6 is 24.0 Å². The highest BCUT2D eigenvalue weighted by Gasteiger charge is 2.20. The molecule has 0 aliphatic carbocycles. The number of halogens is 1. The van der Waals surface area contributed by atoms with Crippen molar-refractivity contribution in [1.29, 1.82) is 0 Å². The van der Waals surface area contributed by atoms with Gasteiger partial charge in [-0.1, -0.05) is 0 Å². The summed E-state index contributed by atoms with van der Waals surface area (Å²) in [5.74, 6) is 2.50. The van der Waals surface area contributed by atoms with Gasteiger partial charge in [0, 0.05) is 27.2 Å². The van der Waals surface area contributed by atoms with Crippen molar-refractivity contribution in [3.63, 3.8) is 0 Å². The third-order valence-corrected chi connectivity index (χ3v) is 3.45. The van der Waals surface area contributed by atoms with Crippen molar-refractivity contribution in [3.8, 4) is 11.5 Å². The average molecular weight is 391 g/mol. The Morgan fingerprint density at radius 1 is 1.20 bits per heavy atom. The first-order valence-corrected chi connectivity index (χ1v) is 6.36. The zero-order valence-corrected chi connectivity index (χ0v) is 14.7. The van der Waals surface area contributed by atoms with Gasteiger partial charge < -0.3 is 19.7 Å². The Hall–Kier alpha value is -1.18. The Morgan fingerprint density at radius 2 is 1.80 bits per heavy atom. The second-order valence-electron chi connectivity index (χ2n) is 4.44. The quantitative estimate of drug-likeness (QED) is 0.475. The van der Waals surface area contributed by atoms with Crippen LogP contribution in [0.15, 0.2) is 17.1 Å². The van der Waals surface area contributed by atoms with Crippen LogP contribution in [0.2, 0.25) is 0 Å².